The number of benzene rings is 1. The Balaban J connectivity index is 1.62. The largest absolute Gasteiger partial charge is 0.494 e. The summed E-state index contributed by atoms with van der Waals surface area (Å²) in [7, 11) is 0. The van der Waals surface area contributed by atoms with Gasteiger partial charge in [-0.1, -0.05) is 0 Å². The van der Waals surface area contributed by atoms with Crippen LogP contribution in [-0.2, 0) is 11.3 Å². The van der Waals surface area contributed by atoms with Crippen molar-refractivity contribution in [2.75, 3.05) is 51.3 Å². The smallest absolute Gasteiger partial charge is 0.322 e. The molecule has 1 saturated heterocycles. The van der Waals surface area contributed by atoms with Crippen LogP contribution in [0.2, 0.25) is 0 Å². The highest BCUT2D eigenvalue weighted by atomic mass is 16.5. The number of anilines is 1. The number of aryl methyl sites for hydroxylation is 1. The number of carbonyl (C=O) groups is 1. The van der Waals surface area contributed by atoms with E-state index in [-0.39, 0.29) is 6.03 Å². The number of amides is 2. The number of hydrogen-bond donors (Lipinski definition) is 1. The number of ether oxygens (including phenoxy) is 2. The second-order valence-electron chi connectivity index (χ2n) is 7.43. The highest BCUT2D eigenvalue weighted by Gasteiger charge is 2.16. The van der Waals surface area contributed by atoms with Crippen LogP contribution in [-0.4, -0.2) is 66.8 Å². The lowest BCUT2D eigenvalue weighted by molar-refractivity contribution is 0.0365. The molecule has 2 heterocycles. The molecule has 7 nitrogen and oxygen atoms in total. The van der Waals surface area contributed by atoms with E-state index in [9.17, 15) is 4.79 Å². The van der Waals surface area contributed by atoms with Gasteiger partial charge in [0.15, 0.2) is 0 Å². The van der Waals surface area contributed by atoms with Crippen molar-refractivity contribution >= 4 is 11.7 Å². The summed E-state index contributed by atoms with van der Waals surface area (Å²) in [6, 6.07) is 9.53. The number of aromatic nitrogens is 1. The molecule has 1 fully saturated rings. The van der Waals surface area contributed by atoms with E-state index < -0.39 is 0 Å². The van der Waals surface area contributed by atoms with Crippen molar-refractivity contribution in [1.82, 2.24) is 14.8 Å². The van der Waals surface area contributed by atoms with Gasteiger partial charge in [0.25, 0.3) is 0 Å². The van der Waals surface area contributed by atoms with Crippen LogP contribution in [0.25, 0.3) is 0 Å². The molecule has 0 aliphatic carbocycles. The molecular weight excluding hydrogens is 380 g/mol. The third-order valence-corrected chi connectivity index (χ3v) is 5.14. The van der Waals surface area contributed by atoms with Gasteiger partial charge in [0.05, 0.1) is 19.8 Å². The number of morpholine rings is 1. The lowest BCUT2D eigenvalue weighted by atomic mass is 10.2. The quantitative estimate of drug-likeness (QED) is 0.682. The number of nitrogens with zero attached hydrogens (tertiary/aromatic N) is 3. The first-order valence-electron chi connectivity index (χ1n) is 10.6. The number of hydrogen-bond acceptors (Lipinski definition) is 5. The Morgan fingerprint density at radius 1 is 1.23 bits per heavy atom. The van der Waals surface area contributed by atoms with Crippen molar-refractivity contribution in [2.24, 2.45) is 0 Å². The van der Waals surface area contributed by atoms with E-state index in [4.69, 9.17) is 9.47 Å². The van der Waals surface area contributed by atoms with Gasteiger partial charge in [0.1, 0.15) is 5.75 Å². The van der Waals surface area contributed by atoms with Gasteiger partial charge in [-0.2, -0.15) is 0 Å². The fourth-order valence-electron chi connectivity index (χ4n) is 3.52. The molecule has 2 aromatic rings. The monoisotopic (exact) mass is 412 g/mol. The Kier molecular flexibility index (Phi) is 8.47. The number of carbonyl (C=O) groups excluding carboxylic acids is 1. The molecule has 30 heavy (non-hydrogen) atoms. The molecule has 1 aromatic heterocycles. The lowest BCUT2D eigenvalue weighted by Crippen LogP contribution is -2.40. The third-order valence-electron chi connectivity index (χ3n) is 5.14. The maximum atomic E-state index is 13.1. The van der Waals surface area contributed by atoms with Crippen LogP contribution in [0.3, 0.4) is 0 Å². The van der Waals surface area contributed by atoms with Crippen LogP contribution < -0.4 is 10.1 Å². The number of nitrogens with one attached hydrogen (secondary N) is 1. The molecule has 7 heteroatoms. The van der Waals surface area contributed by atoms with Crippen molar-refractivity contribution in [3.8, 4) is 5.75 Å². The summed E-state index contributed by atoms with van der Waals surface area (Å²) in [6.07, 6.45) is 4.44. The predicted molar refractivity (Wildman–Crippen MR) is 118 cm³/mol. The normalized spacial score (nSPS) is 14.3. The van der Waals surface area contributed by atoms with Crippen LogP contribution in [0, 0.1) is 6.92 Å². The van der Waals surface area contributed by atoms with Gasteiger partial charge in [-0.05, 0) is 61.7 Å². The van der Waals surface area contributed by atoms with Gasteiger partial charge in [0.2, 0.25) is 0 Å². The fraction of sp³-hybridized carbons (Fsp3) is 0.478. The van der Waals surface area contributed by atoms with E-state index in [1.54, 1.807) is 12.4 Å². The average Bonchev–Trinajstić information content (AvgIpc) is 2.76. The summed E-state index contributed by atoms with van der Waals surface area (Å²) in [6.45, 7) is 10.3. The van der Waals surface area contributed by atoms with Crippen LogP contribution in [0.5, 0.6) is 5.75 Å². The first kappa shape index (κ1) is 22.1. The molecule has 2 amide bonds. The number of pyridine rings is 1. The van der Waals surface area contributed by atoms with Crippen molar-refractivity contribution in [2.45, 2.75) is 26.8 Å². The minimum absolute atomic E-state index is 0.0997. The Morgan fingerprint density at radius 3 is 2.70 bits per heavy atom. The SMILES string of the molecule is CCOc1ccc(NC(=O)N(CCCN2CCOCC2)Cc2ccncc2)cc1C. The van der Waals surface area contributed by atoms with E-state index >= 15 is 0 Å². The zero-order valence-electron chi connectivity index (χ0n) is 18.0. The van der Waals surface area contributed by atoms with E-state index in [1.807, 2.05) is 49.1 Å². The summed E-state index contributed by atoms with van der Waals surface area (Å²) in [5.74, 6) is 0.842. The van der Waals surface area contributed by atoms with E-state index in [2.05, 4.69) is 15.2 Å². The fourth-order valence-corrected chi connectivity index (χ4v) is 3.52. The standard InChI is InChI=1S/C23H32N4O3/c1-3-30-22-6-5-21(17-19(22)2)25-23(28)27(18-20-7-9-24-10-8-20)12-4-11-26-13-15-29-16-14-26/h5-10,17H,3-4,11-16,18H2,1-2H3,(H,25,28). The molecule has 1 aliphatic rings. The second kappa shape index (κ2) is 11.5. The van der Waals surface area contributed by atoms with Crippen LogP contribution in [0.15, 0.2) is 42.7 Å². The van der Waals surface area contributed by atoms with Gasteiger partial charge in [0, 0.05) is 50.8 Å². The highest BCUT2D eigenvalue weighted by molar-refractivity contribution is 5.89. The molecule has 0 radical (unpaired) electrons. The van der Waals surface area contributed by atoms with Crippen molar-refractivity contribution in [1.29, 1.82) is 0 Å². The molecule has 0 saturated carbocycles. The number of rotatable bonds is 9. The van der Waals surface area contributed by atoms with Crippen LogP contribution >= 0.6 is 0 Å². The topological polar surface area (TPSA) is 66.9 Å². The minimum Gasteiger partial charge on any atom is -0.494 e. The molecule has 1 N–H and O–H groups in total. The average molecular weight is 413 g/mol. The third kappa shape index (κ3) is 6.71. The van der Waals surface area contributed by atoms with Crippen molar-refractivity contribution in [3.63, 3.8) is 0 Å². The first-order valence-corrected chi connectivity index (χ1v) is 10.6. The van der Waals surface area contributed by atoms with Crippen molar-refractivity contribution < 1.29 is 14.3 Å². The summed E-state index contributed by atoms with van der Waals surface area (Å²) in [5.41, 5.74) is 2.84. The molecule has 1 aliphatic heterocycles. The molecule has 162 valence electrons. The summed E-state index contributed by atoms with van der Waals surface area (Å²) in [4.78, 5) is 21.4. The maximum absolute atomic E-state index is 13.1. The highest BCUT2D eigenvalue weighted by Crippen LogP contribution is 2.22. The maximum Gasteiger partial charge on any atom is 0.322 e. The Hall–Kier alpha value is -2.64. The molecule has 0 bridgehead atoms. The van der Waals surface area contributed by atoms with Gasteiger partial charge in [-0.25, -0.2) is 4.79 Å². The molecule has 3 rings (SSSR count). The van der Waals surface area contributed by atoms with Crippen LogP contribution in [0.4, 0.5) is 10.5 Å². The summed E-state index contributed by atoms with van der Waals surface area (Å²) in [5, 5.41) is 3.04. The zero-order chi connectivity index (χ0) is 21.2. The van der Waals surface area contributed by atoms with E-state index in [0.717, 1.165) is 61.8 Å². The van der Waals surface area contributed by atoms with Gasteiger partial charge < -0.3 is 19.7 Å². The molecule has 0 atom stereocenters. The van der Waals surface area contributed by atoms with Gasteiger partial charge in [-0.15, -0.1) is 0 Å². The van der Waals surface area contributed by atoms with Gasteiger partial charge >= 0.3 is 6.03 Å². The molecule has 0 unspecified atom stereocenters. The van der Waals surface area contributed by atoms with E-state index in [0.29, 0.717) is 19.7 Å². The van der Waals surface area contributed by atoms with Crippen molar-refractivity contribution in [3.05, 3.63) is 53.9 Å². The molecular formula is C23H32N4O3. The second-order valence-corrected chi connectivity index (χ2v) is 7.43. The molecule has 1 aromatic carbocycles. The summed E-state index contributed by atoms with van der Waals surface area (Å²) < 4.78 is 11.0. The first-order chi connectivity index (χ1) is 14.7. The van der Waals surface area contributed by atoms with E-state index in [1.165, 1.54) is 0 Å². The van der Waals surface area contributed by atoms with Gasteiger partial charge in [-0.3, -0.25) is 9.88 Å². The Morgan fingerprint density at radius 2 is 2.00 bits per heavy atom. The zero-order valence-corrected chi connectivity index (χ0v) is 18.0. The Bertz CT molecular complexity index is 794. The summed E-state index contributed by atoms with van der Waals surface area (Å²) >= 11 is 0. The Labute approximate surface area is 179 Å². The lowest BCUT2D eigenvalue weighted by Gasteiger charge is -2.28. The minimum atomic E-state index is -0.0997. The predicted octanol–water partition coefficient (Wildman–Crippen LogP) is 3.55. The molecule has 0 spiro atoms. The van der Waals surface area contributed by atoms with Crippen LogP contribution in [0.1, 0.15) is 24.5 Å². The number of urea groups is 1.